The average Bonchev–Trinajstić information content (AvgIpc) is 2.56. The fourth-order valence-corrected chi connectivity index (χ4v) is 2.75. The van der Waals surface area contributed by atoms with Gasteiger partial charge in [0.05, 0.1) is 12.6 Å². The minimum Gasteiger partial charge on any atom is -0.395 e. The molecule has 0 aliphatic carbocycles. The number of amides is 1. The molecule has 1 atom stereocenters. The first-order chi connectivity index (χ1) is 10.6. The topological polar surface area (TPSA) is 55.8 Å². The van der Waals surface area contributed by atoms with Gasteiger partial charge in [-0.15, -0.1) is 0 Å². The van der Waals surface area contributed by atoms with Crippen molar-refractivity contribution < 1.29 is 9.90 Å². The molecule has 2 rings (SSSR count). The number of carbonyl (C=O) groups is 1. The average molecular weight is 305 g/mol. The van der Waals surface area contributed by atoms with Crippen LogP contribution in [0.3, 0.4) is 0 Å². The number of piperazine rings is 1. The van der Waals surface area contributed by atoms with E-state index in [2.05, 4.69) is 22.0 Å². The number of aryl methyl sites for hydroxylation is 1. The van der Waals surface area contributed by atoms with E-state index < -0.39 is 0 Å². The lowest BCUT2D eigenvalue weighted by atomic mass is 10.1. The van der Waals surface area contributed by atoms with Crippen molar-refractivity contribution in [1.82, 2.24) is 9.80 Å². The molecule has 22 heavy (non-hydrogen) atoms. The number of aliphatic hydroxyl groups excluding tert-OH is 1. The van der Waals surface area contributed by atoms with Crippen molar-refractivity contribution in [2.45, 2.75) is 26.3 Å². The molecule has 1 amide bonds. The summed E-state index contributed by atoms with van der Waals surface area (Å²) in [5, 5.41) is 12.0. The molecule has 5 nitrogen and oxygen atoms in total. The lowest BCUT2D eigenvalue weighted by molar-refractivity contribution is -0.121. The predicted octanol–water partition coefficient (Wildman–Crippen LogP) is 1.19. The molecule has 5 heteroatoms. The molecule has 1 unspecified atom stereocenters. The van der Waals surface area contributed by atoms with Crippen LogP contribution < -0.4 is 5.32 Å². The maximum Gasteiger partial charge on any atom is 0.241 e. The Balaban J connectivity index is 1.84. The first kappa shape index (κ1) is 16.9. The standard InChI is InChI=1S/C17H27N3O2/c1-3-15-4-6-16(7-5-15)18-17(22)14(2)20-10-8-19(9-11-20)12-13-21/h4-7,14,21H,3,8-13H2,1-2H3,(H,18,22). The molecule has 0 saturated carbocycles. The molecular weight excluding hydrogens is 278 g/mol. The quantitative estimate of drug-likeness (QED) is 0.829. The van der Waals surface area contributed by atoms with Crippen LogP contribution in [0.25, 0.3) is 0 Å². The number of anilines is 1. The minimum absolute atomic E-state index is 0.0415. The summed E-state index contributed by atoms with van der Waals surface area (Å²) in [4.78, 5) is 16.8. The van der Waals surface area contributed by atoms with Gasteiger partial charge in [0.2, 0.25) is 5.91 Å². The Morgan fingerprint density at radius 1 is 1.23 bits per heavy atom. The Morgan fingerprint density at radius 3 is 2.41 bits per heavy atom. The maximum absolute atomic E-state index is 12.4. The third kappa shape index (κ3) is 4.53. The van der Waals surface area contributed by atoms with Crippen molar-refractivity contribution in [2.24, 2.45) is 0 Å². The van der Waals surface area contributed by atoms with Gasteiger partial charge in [-0.25, -0.2) is 0 Å². The molecule has 0 spiro atoms. The molecule has 0 radical (unpaired) electrons. The number of nitrogens with one attached hydrogen (secondary N) is 1. The molecule has 0 bridgehead atoms. The zero-order valence-electron chi connectivity index (χ0n) is 13.6. The van der Waals surface area contributed by atoms with E-state index in [-0.39, 0.29) is 18.6 Å². The number of rotatable bonds is 6. The fraction of sp³-hybridized carbons (Fsp3) is 0.588. The van der Waals surface area contributed by atoms with E-state index in [0.717, 1.165) is 44.8 Å². The van der Waals surface area contributed by atoms with Gasteiger partial charge in [0, 0.05) is 38.4 Å². The number of aliphatic hydroxyl groups is 1. The highest BCUT2D eigenvalue weighted by Gasteiger charge is 2.25. The van der Waals surface area contributed by atoms with Crippen LogP contribution in [-0.4, -0.2) is 66.2 Å². The second kappa shape index (κ2) is 8.27. The highest BCUT2D eigenvalue weighted by molar-refractivity contribution is 5.94. The zero-order chi connectivity index (χ0) is 15.9. The first-order valence-electron chi connectivity index (χ1n) is 8.11. The number of benzene rings is 1. The summed E-state index contributed by atoms with van der Waals surface area (Å²) >= 11 is 0. The summed E-state index contributed by atoms with van der Waals surface area (Å²) in [5.41, 5.74) is 2.12. The summed E-state index contributed by atoms with van der Waals surface area (Å²) < 4.78 is 0. The zero-order valence-corrected chi connectivity index (χ0v) is 13.6. The number of β-amino-alcohol motifs (C(OH)–C–C–N with tert-alkyl or cyclic N) is 1. The molecule has 0 aromatic heterocycles. The molecule has 1 aromatic carbocycles. The van der Waals surface area contributed by atoms with Crippen molar-refractivity contribution in [1.29, 1.82) is 0 Å². The van der Waals surface area contributed by atoms with Gasteiger partial charge < -0.3 is 10.4 Å². The van der Waals surface area contributed by atoms with Crippen molar-refractivity contribution in [3.63, 3.8) is 0 Å². The SMILES string of the molecule is CCc1ccc(NC(=O)C(C)N2CCN(CCO)CC2)cc1. The van der Waals surface area contributed by atoms with Crippen LogP contribution >= 0.6 is 0 Å². The van der Waals surface area contributed by atoms with E-state index in [4.69, 9.17) is 5.11 Å². The summed E-state index contributed by atoms with van der Waals surface area (Å²) in [6, 6.07) is 7.88. The van der Waals surface area contributed by atoms with Gasteiger partial charge in [0.25, 0.3) is 0 Å². The molecule has 1 aliphatic heterocycles. The number of hydrogen-bond donors (Lipinski definition) is 2. The fourth-order valence-electron chi connectivity index (χ4n) is 2.75. The Bertz CT molecular complexity index is 467. The van der Waals surface area contributed by atoms with E-state index in [0.29, 0.717) is 0 Å². The lowest BCUT2D eigenvalue weighted by Gasteiger charge is -2.37. The van der Waals surface area contributed by atoms with Crippen LogP contribution in [0.5, 0.6) is 0 Å². The molecular formula is C17H27N3O2. The lowest BCUT2D eigenvalue weighted by Crippen LogP contribution is -2.53. The Kier molecular flexibility index (Phi) is 6.36. The Hall–Kier alpha value is -1.43. The Morgan fingerprint density at radius 2 is 1.86 bits per heavy atom. The normalized spacial score (nSPS) is 18.1. The van der Waals surface area contributed by atoms with Crippen LogP contribution in [0.15, 0.2) is 24.3 Å². The van der Waals surface area contributed by atoms with Crippen molar-refractivity contribution in [3.05, 3.63) is 29.8 Å². The van der Waals surface area contributed by atoms with Gasteiger partial charge in [0.1, 0.15) is 0 Å². The predicted molar refractivity (Wildman–Crippen MR) is 89.0 cm³/mol. The molecule has 1 aromatic rings. The van der Waals surface area contributed by atoms with E-state index in [1.54, 1.807) is 0 Å². The van der Waals surface area contributed by atoms with Crippen LogP contribution in [-0.2, 0) is 11.2 Å². The van der Waals surface area contributed by atoms with Gasteiger partial charge in [-0.05, 0) is 31.0 Å². The van der Waals surface area contributed by atoms with Gasteiger partial charge in [-0.1, -0.05) is 19.1 Å². The van der Waals surface area contributed by atoms with Crippen LogP contribution in [0.1, 0.15) is 19.4 Å². The maximum atomic E-state index is 12.4. The van der Waals surface area contributed by atoms with E-state index >= 15 is 0 Å². The van der Waals surface area contributed by atoms with E-state index in [1.807, 2.05) is 31.2 Å². The van der Waals surface area contributed by atoms with Gasteiger partial charge >= 0.3 is 0 Å². The van der Waals surface area contributed by atoms with Gasteiger partial charge in [-0.2, -0.15) is 0 Å². The molecule has 1 aliphatic rings. The number of carbonyl (C=O) groups excluding carboxylic acids is 1. The Labute approximate surface area is 132 Å². The number of hydrogen-bond acceptors (Lipinski definition) is 4. The summed E-state index contributed by atoms with van der Waals surface area (Å²) in [7, 11) is 0. The monoisotopic (exact) mass is 305 g/mol. The highest BCUT2D eigenvalue weighted by Crippen LogP contribution is 2.12. The van der Waals surface area contributed by atoms with Gasteiger partial charge in [0.15, 0.2) is 0 Å². The van der Waals surface area contributed by atoms with Crippen molar-refractivity contribution in [3.8, 4) is 0 Å². The van der Waals surface area contributed by atoms with Crippen molar-refractivity contribution >= 4 is 11.6 Å². The molecule has 1 heterocycles. The van der Waals surface area contributed by atoms with E-state index in [1.165, 1.54) is 5.56 Å². The number of nitrogens with zero attached hydrogens (tertiary/aromatic N) is 2. The summed E-state index contributed by atoms with van der Waals surface area (Å²) in [6.45, 7) is 8.53. The third-order valence-corrected chi connectivity index (χ3v) is 4.38. The first-order valence-corrected chi connectivity index (χ1v) is 8.11. The van der Waals surface area contributed by atoms with Crippen LogP contribution in [0.2, 0.25) is 0 Å². The van der Waals surface area contributed by atoms with Crippen molar-refractivity contribution in [2.75, 3.05) is 44.6 Å². The third-order valence-electron chi connectivity index (χ3n) is 4.38. The molecule has 2 N–H and O–H groups in total. The van der Waals surface area contributed by atoms with E-state index in [9.17, 15) is 4.79 Å². The summed E-state index contributed by atoms with van der Waals surface area (Å²) in [5.74, 6) is 0.0415. The van der Waals surface area contributed by atoms with Crippen LogP contribution in [0.4, 0.5) is 5.69 Å². The minimum atomic E-state index is -0.137. The second-order valence-electron chi connectivity index (χ2n) is 5.82. The smallest absolute Gasteiger partial charge is 0.241 e. The largest absolute Gasteiger partial charge is 0.395 e. The molecule has 1 fully saturated rings. The van der Waals surface area contributed by atoms with Gasteiger partial charge in [-0.3, -0.25) is 14.6 Å². The second-order valence-corrected chi connectivity index (χ2v) is 5.82. The highest BCUT2D eigenvalue weighted by atomic mass is 16.3. The molecule has 122 valence electrons. The molecule has 1 saturated heterocycles. The van der Waals surface area contributed by atoms with Crippen LogP contribution in [0, 0.1) is 0 Å². The summed E-state index contributed by atoms with van der Waals surface area (Å²) in [6.07, 6.45) is 1.00.